The first kappa shape index (κ1) is 21.9. The van der Waals surface area contributed by atoms with Crippen LogP contribution in [0, 0.1) is 6.92 Å². The first-order valence-electron chi connectivity index (χ1n) is 12.4. The summed E-state index contributed by atoms with van der Waals surface area (Å²) in [5.41, 5.74) is 14.0. The van der Waals surface area contributed by atoms with Crippen molar-refractivity contribution in [3.8, 4) is 0 Å². The molecule has 0 saturated carbocycles. The topological polar surface area (TPSA) is 0 Å². The Balaban J connectivity index is 1.44. The Hall–Kier alpha value is -2.34. The molecule has 1 aromatic carbocycles. The van der Waals surface area contributed by atoms with Gasteiger partial charge in [-0.3, -0.25) is 0 Å². The molecule has 31 heavy (non-hydrogen) atoms. The Morgan fingerprint density at radius 2 is 1.29 bits per heavy atom. The first-order valence-corrected chi connectivity index (χ1v) is 12.4. The Labute approximate surface area is 189 Å². The second-order valence-electron chi connectivity index (χ2n) is 9.40. The molecule has 162 valence electrons. The lowest BCUT2D eigenvalue weighted by molar-refractivity contribution is 0.785. The Bertz CT molecular complexity index is 983. The molecule has 0 fully saturated rings. The smallest absolute Gasteiger partial charge is 0.0233 e. The molecule has 0 atom stereocenters. The van der Waals surface area contributed by atoms with Crippen LogP contribution in [0.2, 0.25) is 0 Å². The highest BCUT2D eigenvalue weighted by Crippen LogP contribution is 2.39. The van der Waals surface area contributed by atoms with Crippen molar-refractivity contribution < 1.29 is 0 Å². The van der Waals surface area contributed by atoms with Crippen LogP contribution in [0.25, 0.3) is 0 Å². The molecular weight excluding hydrogens is 372 g/mol. The molecule has 0 N–H and O–H groups in total. The molecule has 3 aliphatic carbocycles. The number of hydrogen-bond donors (Lipinski definition) is 0. The van der Waals surface area contributed by atoms with Crippen molar-refractivity contribution in [3.63, 3.8) is 0 Å². The van der Waals surface area contributed by atoms with Crippen molar-refractivity contribution in [3.05, 3.63) is 105 Å². The lowest BCUT2D eigenvalue weighted by Crippen LogP contribution is -2.07. The third-order valence-corrected chi connectivity index (χ3v) is 7.34. The molecule has 0 saturated heterocycles. The fourth-order valence-corrected chi connectivity index (χ4v) is 5.17. The molecule has 4 rings (SSSR count). The molecule has 0 aliphatic heterocycles. The summed E-state index contributed by atoms with van der Waals surface area (Å²) < 4.78 is 0. The zero-order chi connectivity index (χ0) is 21.6. The third kappa shape index (κ3) is 5.48. The lowest BCUT2D eigenvalue weighted by Gasteiger charge is -2.26. The number of hydrogen-bond acceptors (Lipinski definition) is 0. The fourth-order valence-electron chi connectivity index (χ4n) is 5.17. The van der Waals surface area contributed by atoms with Crippen molar-refractivity contribution >= 4 is 0 Å². The molecule has 1 aromatic rings. The summed E-state index contributed by atoms with van der Waals surface area (Å²) in [6, 6.07) is 9.02. The van der Waals surface area contributed by atoms with Crippen LogP contribution in [0.1, 0.15) is 82.8 Å². The summed E-state index contributed by atoms with van der Waals surface area (Å²) in [7, 11) is 0. The summed E-state index contributed by atoms with van der Waals surface area (Å²) in [5, 5.41) is 0. The number of benzene rings is 1. The monoisotopic (exact) mass is 410 g/mol. The maximum Gasteiger partial charge on any atom is -0.0233 e. The van der Waals surface area contributed by atoms with Gasteiger partial charge in [-0.25, -0.2) is 0 Å². The van der Waals surface area contributed by atoms with E-state index >= 15 is 0 Å². The van der Waals surface area contributed by atoms with Gasteiger partial charge in [-0.05, 0) is 105 Å². The molecule has 0 aromatic heterocycles. The minimum absolute atomic E-state index is 1.14. The van der Waals surface area contributed by atoms with Crippen molar-refractivity contribution in [2.45, 2.75) is 85.0 Å². The van der Waals surface area contributed by atoms with Gasteiger partial charge in [0.25, 0.3) is 0 Å². The van der Waals surface area contributed by atoms with Crippen molar-refractivity contribution in [1.82, 2.24) is 0 Å². The van der Waals surface area contributed by atoms with E-state index in [2.05, 4.69) is 75.4 Å². The number of aryl methyl sites for hydroxylation is 2. The van der Waals surface area contributed by atoms with Crippen LogP contribution in [0.4, 0.5) is 0 Å². The minimum atomic E-state index is 1.14. The molecule has 0 radical (unpaired) electrons. The quantitative estimate of drug-likeness (QED) is 0.420. The normalized spacial score (nSPS) is 19.4. The van der Waals surface area contributed by atoms with Crippen LogP contribution in [-0.2, 0) is 6.42 Å². The maximum atomic E-state index is 2.54. The van der Waals surface area contributed by atoms with Gasteiger partial charge in [-0.2, -0.15) is 0 Å². The van der Waals surface area contributed by atoms with E-state index in [4.69, 9.17) is 0 Å². The van der Waals surface area contributed by atoms with Gasteiger partial charge in [-0.15, -0.1) is 0 Å². The van der Waals surface area contributed by atoms with E-state index in [0.29, 0.717) is 0 Å². The van der Waals surface area contributed by atoms with Gasteiger partial charge in [0.1, 0.15) is 0 Å². The molecule has 0 bridgehead atoms. The van der Waals surface area contributed by atoms with E-state index in [1.807, 2.05) is 0 Å². The molecule has 0 spiro atoms. The van der Waals surface area contributed by atoms with Gasteiger partial charge in [0.15, 0.2) is 0 Å². The summed E-state index contributed by atoms with van der Waals surface area (Å²) >= 11 is 0. The van der Waals surface area contributed by atoms with Crippen LogP contribution >= 0.6 is 0 Å². The van der Waals surface area contributed by atoms with E-state index in [9.17, 15) is 0 Å². The van der Waals surface area contributed by atoms with Gasteiger partial charge in [0, 0.05) is 0 Å². The van der Waals surface area contributed by atoms with E-state index in [0.717, 1.165) is 12.8 Å². The van der Waals surface area contributed by atoms with E-state index in [-0.39, 0.29) is 0 Å². The van der Waals surface area contributed by atoms with Crippen LogP contribution in [0.5, 0.6) is 0 Å². The van der Waals surface area contributed by atoms with E-state index < -0.39 is 0 Å². The average Bonchev–Trinajstić information content (AvgIpc) is 2.84. The number of rotatable bonds is 7. The van der Waals surface area contributed by atoms with E-state index in [1.165, 1.54) is 62.5 Å². The molecule has 0 nitrogen and oxygen atoms in total. The highest BCUT2D eigenvalue weighted by molar-refractivity contribution is 5.51. The Kier molecular flexibility index (Phi) is 7.28. The predicted octanol–water partition coefficient (Wildman–Crippen LogP) is 9.06. The van der Waals surface area contributed by atoms with Crippen molar-refractivity contribution in [1.29, 1.82) is 0 Å². The maximum absolute atomic E-state index is 2.54. The largest absolute Gasteiger partial charge is 0.0701 e. The van der Waals surface area contributed by atoms with Crippen molar-refractivity contribution in [2.24, 2.45) is 0 Å². The summed E-state index contributed by atoms with van der Waals surface area (Å²) in [5.74, 6) is 0. The van der Waals surface area contributed by atoms with Gasteiger partial charge >= 0.3 is 0 Å². The molecule has 0 heteroatoms. The molecule has 0 unspecified atom stereocenters. The standard InChI is InChI=1S/C31H38/c1-4-24-12-18-29(19-13-24)31-21-20-30(22-27(31)5-2)28-16-14-26(15-17-28)11-10-25-8-6-23(3)7-9-25/h6-9,12,14,16,18,22H,4-5,10-11,13,15,17,19-21H2,1-3H3. The third-order valence-electron chi connectivity index (χ3n) is 7.34. The molecule has 3 aliphatic rings. The Morgan fingerprint density at radius 1 is 0.613 bits per heavy atom. The van der Waals surface area contributed by atoms with Gasteiger partial charge in [0.2, 0.25) is 0 Å². The van der Waals surface area contributed by atoms with Gasteiger partial charge in [0.05, 0.1) is 0 Å². The van der Waals surface area contributed by atoms with Crippen molar-refractivity contribution in [2.75, 3.05) is 0 Å². The van der Waals surface area contributed by atoms with Crippen LogP contribution in [0.15, 0.2) is 93.7 Å². The predicted molar refractivity (Wildman–Crippen MR) is 135 cm³/mol. The van der Waals surface area contributed by atoms with Gasteiger partial charge < -0.3 is 0 Å². The fraction of sp³-hybridized carbons (Fsp3) is 0.419. The van der Waals surface area contributed by atoms with Crippen LogP contribution < -0.4 is 0 Å². The highest BCUT2D eigenvalue weighted by atomic mass is 14.2. The highest BCUT2D eigenvalue weighted by Gasteiger charge is 2.20. The summed E-state index contributed by atoms with van der Waals surface area (Å²) in [4.78, 5) is 0. The first-order chi connectivity index (χ1) is 15.2. The molecular formula is C31H38. The minimum Gasteiger partial charge on any atom is -0.0701 e. The summed E-state index contributed by atoms with van der Waals surface area (Å²) in [6.45, 7) is 6.76. The molecule has 0 amide bonds. The SMILES string of the molecule is CCC1=CC=C(C2=C(CC)C=C(C3=CC=C(CCc4ccc(C)cc4)CC3)CC2)CC1. The van der Waals surface area contributed by atoms with Crippen LogP contribution in [0.3, 0.4) is 0 Å². The zero-order valence-electron chi connectivity index (χ0n) is 19.8. The van der Waals surface area contributed by atoms with E-state index in [1.54, 1.807) is 39.0 Å². The number of allylic oxidation sites excluding steroid dienone is 12. The molecule has 0 heterocycles. The van der Waals surface area contributed by atoms with Crippen LogP contribution in [-0.4, -0.2) is 0 Å². The average molecular weight is 411 g/mol. The lowest BCUT2D eigenvalue weighted by atomic mass is 9.79. The second kappa shape index (κ2) is 10.3. The Morgan fingerprint density at radius 3 is 1.94 bits per heavy atom. The van der Waals surface area contributed by atoms with Gasteiger partial charge in [-0.1, -0.05) is 85.2 Å². The second-order valence-corrected chi connectivity index (χ2v) is 9.40. The zero-order valence-corrected chi connectivity index (χ0v) is 19.8. The summed E-state index contributed by atoms with van der Waals surface area (Å²) in [6.07, 6.45) is 24.2.